The fourth-order valence-electron chi connectivity index (χ4n) is 3.47. The Balaban J connectivity index is 1.38. The van der Waals surface area contributed by atoms with E-state index in [1.807, 2.05) is 12.1 Å². The largest absolute Gasteiger partial charge is 0.394 e. The molecule has 0 fully saturated rings. The summed E-state index contributed by atoms with van der Waals surface area (Å²) >= 11 is 7.66. The van der Waals surface area contributed by atoms with Gasteiger partial charge >= 0.3 is 6.03 Å². The van der Waals surface area contributed by atoms with E-state index in [1.54, 1.807) is 17.2 Å². The van der Waals surface area contributed by atoms with Gasteiger partial charge in [0.05, 0.1) is 33.6 Å². The molecular formula is C22H22ClFN4O3S. The highest BCUT2D eigenvalue weighted by molar-refractivity contribution is 7.22. The third kappa shape index (κ3) is 5.24. The molecular weight excluding hydrogens is 455 g/mol. The third-order valence-electron chi connectivity index (χ3n) is 5.24. The van der Waals surface area contributed by atoms with Crippen LogP contribution in [0.15, 0.2) is 36.5 Å². The second kappa shape index (κ2) is 9.91. The van der Waals surface area contributed by atoms with Crippen LogP contribution >= 0.6 is 22.9 Å². The zero-order valence-electron chi connectivity index (χ0n) is 17.1. The molecule has 1 atom stereocenters. The number of aliphatic hydroxyl groups excluding tert-OH is 2. The van der Waals surface area contributed by atoms with E-state index in [1.165, 1.54) is 23.5 Å². The van der Waals surface area contributed by atoms with E-state index >= 15 is 0 Å². The average Bonchev–Trinajstić information content (AvgIpc) is 3.18. The third-order valence-corrected chi connectivity index (χ3v) is 6.46. The summed E-state index contributed by atoms with van der Waals surface area (Å²) in [6.07, 6.45) is 4.51. The lowest BCUT2D eigenvalue weighted by Gasteiger charge is -2.26. The minimum absolute atomic E-state index is 0.267. The maximum absolute atomic E-state index is 13.4. The molecule has 0 unspecified atom stereocenters. The lowest BCUT2D eigenvalue weighted by molar-refractivity contribution is 0.0885. The summed E-state index contributed by atoms with van der Waals surface area (Å²) in [5.74, 6) is -0.337. The number of rotatable bonds is 6. The number of hydrogen-bond donors (Lipinski definition) is 3. The molecule has 1 aromatic carbocycles. The highest BCUT2D eigenvalue weighted by Crippen LogP contribution is 2.29. The Morgan fingerprint density at radius 2 is 2.22 bits per heavy atom. The summed E-state index contributed by atoms with van der Waals surface area (Å²) in [7, 11) is 0. The lowest BCUT2D eigenvalue weighted by atomic mass is 10.0. The molecule has 168 valence electrons. The van der Waals surface area contributed by atoms with Gasteiger partial charge < -0.3 is 15.1 Å². The average molecular weight is 477 g/mol. The molecule has 1 aliphatic rings. The van der Waals surface area contributed by atoms with Crippen LogP contribution in [0.25, 0.3) is 15.8 Å². The van der Waals surface area contributed by atoms with Crippen LogP contribution in [-0.2, 0) is 6.42 Å². The number of benzene rings is 1. The van der Waals surface area contributed by atoms with Crippen molar-refractivity contribution >= 4 is 49.9 Å². The number of fused-ring (bicyclic) bond motifs is 1. The maximum atomic E-state index is 13.4. The first-order valence-electron chi connectivity index (χ1n) is 10.2. The molecule has 1 aliphatic heterocycles. The molecule has 2 amide bonds. The Kier molecular flexibility index (Phi) is 7.00. The Labute approximate surface area is 193 Å². The first-order chi connectivity index (χ1) is 15.4. The predicted molar refractivity (Wildman–Crippen MR) is 123 cm³/mol. The van der Waals surface area contributed by atoms with Crippen molar-refractivity contribution in [2.24, 2.45) is 0 Å². The fraction of sp³-hybridized carbons (Fsp3) is 0.318. The van der Waals surface area contributed by atoms with Crippen LogP contribution in [0, 0.1) is 5.82 Å². The van der Waals surface area contributed by atoms with E-state index in [0.717, 1.165) is 11.1 Å². The van der Waals surface area contributed by atoms with Crippen molar-refractivity contribution in [3.05, 3.63) is 58.6 Å². The molecule has 3 aromatic rings. The summed E-state index contributed by atoms with van der Waals surface area (Å²) < 4.78 is 14.0. The van der Waals surface area contributed by atoms with Gasteiger partial charge in [-0.2, -0.15) is 0 Å². The number of carbonyl (C=O) groups excluding carboxylic acids is 1. The van der Waals surface area contributed by atoms with Crippen LogP contribution < -0.4 is 5.32 Å². The van der Waals surface area contributed by atoms with E-state index < -0.39 is 6.10 Å². The molecule has 0 aliphatic carbocycles. The molecule has 0 spiro atoms. The molecule has 0 bridgehead atoms. The van der Waals surface area contributed by atoms with Crippen LogP contribution in [0.2, 0.25) is 5.02 Å². The number of pyridine rings is 1. The molecule has 7 nitrogen and oxygen atoms in total. The number of anilines is 1. The SMILES string of the molecule is O=C(Nc1nc2ccc(F)cc2s1)N1CC=C(c2ncc(CC[C@@H](O)CO)cc2Cl)CC1. The number of aliphatic hydroxyl groups is 2. The predicted octanol–water partition coefficient (Wildman–Crippen LogP) is 4.09. The van der Waals surface area contributed by atoms with Crippen LogP contribution in [0.3, 0.4) is 0 Å². The Morgan fingerprint density at radius 3 is 2.94 bits per heavy atom. The van der Waals surface area contributed by atoms with Gasteiger partial charge in [0.1, 0.15) is 5.82 Å². The lowest BCUT2D eigenvalue weighted by Crippen LogP contribution is -2.37. The van der Waals surface area contributed by atoms with Crippen molar-refractivity contribution in [1.29, 1.82) is 0 Å². The zero-order valence-corrected chi connectivity index (χ0v) is 18.7. The number of hydrogen-bond acceptors (Lipinski definition) is 6. The number of nitrogens with zero attached hydrogens (tertiary/aromatic N) is 3. The summed E-state index contributed by atoms with van der Waals surface area (Å²) in [6, 6.07) is 5.88. The molecule has 3 N–H and O–H groups in total. The second-order valence-electron chi connectivity index (χ2n) is 7.54. The highest BCUT2D eigenvalue weighted by Gasteiger charge is 2.21. The van der Waals surface area contributed by atoms with Crippen LogP contribution in [0.4, 0.5) is 14.3 Å². The number of thiazole rings is 1. The maximum Gasteiger partial charge on any atom is 0.323 e. The van der Waals surface area contributed by atoms with E-state index in [4.69, 9.17) is 16.7 Å². The molecule has 2 aromatic heterocycles. The summed E-state index contributed by atoms with van der Waals surface area (Å²) in [5, 5.41) is 22.1. The van der Waals surface area contributed by atoms with Gasteiger partial charge in [-0.3, -0.25) is 10.3 Å². The normalized spacial score (nSPS) is 15.0. The molecule has 0 saturated carbocycles. The van der Waals surface area contributed by atoms with Gasteiger partial charge in [-0.15, -0.1) is 0 Å². The number of aryl methyl sites for hydroxylation is 1. The van der Waals surface area contributed by atoms with E-state index in [-0.39, 0.29) is 18.5 Å². The first kappa shape index (κ1) is 22.6. The van der Waals surface area contributed by atoms with Crippen molar-refractivity contribution in [3.8, 4) is 0 Å². The monoisotopic (exact) mass is 476 g/mol. The number of carbonyl (C=O) groups is 1. The molecule has 32 heavy (non-hydrogen) atoms. The summed E-state index contributed by atoms with van der Waals surface area (Å²) in [4.78, 5) is 23.1. The molecule has 4 rings (SSSR count). The molecule has 0 radical (unpaired) electrons. The number of urea groups is 1. The molecule has 3 heterocycles. The Bertz CT molecular complexity index is 1170. The molecule has 10 heteroatoms. The number of nitrogens with one attached hydrogen (secondary N) is 1. The minimum atomic E-state index is -0.754. The smallest absolute Gasteiger partial charge is 0.323 e. The fourth-order valence-corrected chi connectivity index (χ4v) is 4.66. The zero-order chi connectivity index (χ0) is 22.7. The van der Waals surface area contributed by atoms with Crippen molar-refractivity contribution in [1.82, 2.24) is 14.9 Å². The summed E-state index contributed by atoms with van der Waals surface area (Å²) in [5.41, 5.74) is 3.18. The quantitative estimate of drug-likeness (QED) is 0.497. The van der Waals surface area contributed by atoms with Crippen molar-refractivity contribution in [2.75, 3.05) is 25.0 Å². The van der Waals surface area contributed by atoms with Gasteiger partial charge in [0.15, 0.2) is 5.13 Å². The number of halogens is 2. The van der Waals surface area contributed by atoms with Gasteiger partial charge in [0, 0.05) is 19.3 Å². The van der Waals surface area contributed by atoms with Gasteiger partial charge in [-0.25, -0.2) is 14.2 Å². The Hall–Kier alpha value is -2.59. The minimum Gasteiger partial charge on any atom is -0.394 e. The topological polar surface area (TPSA) is 98.6 Å². The number of aromatic nitrogens is 2. The highest BCUT2D eigenvalue weighted by atomic mass is 35.5. The number of amides is 2. The van der Waals surface area contributed by atoms with Crippen LogP contribution in [0.5, 0.6) is 0 Å². The van der Waals surface area contributed by atoms with Crippen LogP contribution in [0.1, 0.15) is 24.1 Å². The van der Waals surface area contributed by atoms with E-state index in [2.05, 4.69) is 15.3 Å². The molecule has 0 saturated heterocycles. The van der Waals surface area contributed by atoms with Gasteiger partial charge in [0.25, 0.3) is 0 Å². The first-order valence-corrected chi connectivity index (χ1v) is 11.4. The Morgan fingerprint density at radius 1 is 1.38 bits per heavy atom. The second-order valence-corrected chi connectivity index (χ2v) is 8.97. The van der Waals surface area contributed by atoms with E-state index in [9.17, 15) is 14.3 Å². The van der Waals surface area contributed by atoms with Crippen LogP contribution in [-0.4, -0.2) is 56.9 Å². The standard InChI is InChI=1S/C22H22ClFN4O3S/c23-17-9-13(1-3-16(30)12-29)11-25-20(17)14-5-7-28(8-6-14)22(31)27-21-26-18-4-2-15(24)10-19(18)32-21/h2,4-5,9-11,16,29-30H,1,3,6-8,12H2,(H,26,27,31)/t16-/m1/s1. The van der Waals surface area contributed by atoms with Gasteiger partial charge in [0.2, 0.25) is 0 Å². The summed E-state index contributed by atoms with van der Waals surface area (Å²) in [6.45, 7) is 0.635. The van der Waals surface area contributed by atoms with Crippen molar-refractivity contribution < 1.29 is 19.4 Å². The van der Waals surface area contributed by atoms with E-state index in [0.29, 0.717) is 58.4 Å². The van der Waals surface area contributed by atoms with Gasteiger partial charge in [-0.1, -0.05) is 29.0 Å². The van der Waals surface area contributed by atoms with Gasteiger partial charge in [-0.05, 0) is 54.7 Å². The van der Waals surface area contributed by atoms with Crippen molar-refractivity contribution in [3.63, 3.8) is 0 Å². The van der Waals surface area contributed by atoms with Crippen molar-refractivity contribution in [2.45, 2.75) is 25.4 Å².